The lowest BCUT2D eigenvalue weighted by Gasteiger charge is -2.24. The number of rotatable bonds is 5. The highest BCUT2D eigenvalue weighted by molar-refractivity contribution is 7.07. The van der Waals surface area contributed by atoms with Crippen molar-refractivity contribution in [3.63, 3.8) is 0 Å². The Labute approximate surface area is 207 Å². The van der Waals surface area contributed by atoms with Gasteiger partial charge in [-0.15, -0.1) is 0 Å². The topological polar surface area (TPSA) is 104 Å². The zero-order valence-corrected chi connectivity index (χ0v) is 20.3. The molecule has 2 heterocycles. The summed E-state index contributed by atoms with van der Waals surface area (Å²) >= 11 is 13.4. The van der Waals surface area contributed by atoms with E-state index in [9.17, 15) is 19.7 Å². The first-order chi connectivity index (χ1) is 16.2. The van der Waals surface area contributed by atoms with Gasteiger partial charge in [-0.25, -0.2) is 9.79 Å². The number of nitro benzene ring substituents is 1. The molecule has 1 unspecified atom stereocenters. The van der Waals surface area contributed by atoms with E-state index in [-0.39, 0.29) is 17.9 Å². The van der Waals surface area contributed by atoms with Crippen molar-refractivity contribution in [1.29, 1.82) is 0 Å². The molecule has 0 aliphatic carbocycles. The highest BCUT2D eigenvalue weighted by Crippen LogP contribution is 2.32. The Morgan fingerprint density at radius 2 is 2.06 bits per heavy atom. The van der Waals surface area contributed by atoms with Crippen molar-refractivity contribution < 1.29 is 14.5 Å². The Morgan fingerprint density at radius 1 is 1.29 bits per heavy atom. The number of allylic oxidation sites excluding steroid dienone is 1. The molecule has 0 amide bonds. The van der Waals surface area contributed by atoms with Gasteiger partial charge >= 0.3 is 5.97 Å². The lowest BCUT2D eigenvalue weighted by Crippen LogP contribution is -2.40. The number of fused-ring (bicyclic) bond motifs is 1. The molecule has 174 valence electrons. The Hall–Kier alpha value is -3.27. The average Bonchev–Trinajstić information content (AvgIpc) is 3.09. The molecular weight excluding hydrogens is 501 g/mol. The number of benzene rings is 2. The number of ether oxygens (including phenoxy) is 1. The normalized spacial score (nSPS) is 15.6. The molecule has 0 fully saturated rings. The van der Waals surface area contributed by atoms with Gasteiger partial charge < -0.3 is 4.74 Å². The molecule has 1 aliphatic rings. The van der Waals surface area contributed by atoms with E-state index in [1.54, 1.807) is 44.2 Å². The third-order valence-electron chi connectivity index (χ3n) is 5.16. The van der Waals surface area contributed by atoms with Gasteiger partial charge in [-0.3, -0.25) is 19.5 Å². The molecular formula is C23H17Cl2N3O5S. The fourth-order valence-corrected chi connectivity index (χ4v) is 5.18. The number of thiazole rings is 1. The van der Waals surface area contributed by atoms with Gasteiger partial charge in [0.1, 0.15) is 0 Å². The van der Waals surface area contributed by atoms with Crippen LogP contribution in [0.3, 0.4) is 0 Å². The Kier molecular flexibility index (Phi) is 6.70. The van der Waals surface area contributed by atoms with Crippen LogP contribution in [0.4, 0.5) is 5.69 Å². The second-order valence-corrected chi connectivity index (χ2v) is 9.17. The fourth-order valence-electron chi connectivity index (χ4n) is 3.68. The molecule has 0 radical (unpaired) electrons. The molecule has 0 saturated heterocycles. The van der Waals surface area contributed by atoms with Crippen LogP contribution in [0.2, 0.25) is 10.0 Å². The van der Waals surface area contributed by atoms with E-state index in [1.165, 1.54) is 22.8 Å². The molecule has 2 aromatic carbocycles. The Morgan fingerprint density at radius 3 is 2.74 bits per heavy atom. The second kappa shape index (κ2) is 9.54. The molecule has 11 heteroatoms. The van der Waals surface area contributed by atoms with Crippen LogP contribution < -0.4 is 14.9 Å². The van der Waals surface area contributed by atoms with Crippen LogP contribution in [0, 0.1) is 10.1 Å². The molecule has 0 spiro atoms. The number of hydrogen-bond acceptors (Lipinski definition) is 7. The number of non-ortho nitro benzene ring substituents is 1. The summed E-state index contributed by atoms with van der Waals surface area (Å²) in [5, 5.41) is 12.2. The van der Waals surface area contributed by atoms with Gasteiger partial charge in [0.15, 0.2) is 4.80 Å². The summed E-state index contributed by atoms with van der Waals surface area (Å²) < 4.78 is 6.91. The van der Waals surface area contributed by atoms with Crippen LogP contribution in [0.5, 0.6) is 0 Å². The third kappa shape index (κ3) is 4.42. The van der Waals surface area contributed by atoms with Crippen LogP contribution in [-0.2, 0) is 9.53 Å². The van der Waals surface area contributed by atoms with E-state index in [4.69, 9.17) is 27.9 Å². The van der Waals surface area contributed by atoms with E-state index in [1.807, 2.05) is 0 Å². The van der Waals surface area contributed by atoms with Gasteiger partial charge in [-0.2, -0.15) is 0 Å². The fraction of sp³-hybridized carbons (Fsp3) is 0.174. The van der Waals surface area contributed by atoms with Crippen molar-refractivity contribution in [3.05, 3.63) is 105 Å². The molecule has 34 heavy (non-hydrogen) atoms. The van der Waals surface area contributed by atoms with Gasteiger partial charge in [0.25, 0.3) is 11.2 Å². The molecule has 0 N–H and O–H groups in total. The summed E-state index contributed by atoms with van der Waals surface area (Å²) in [7, 11) is 0. The van der Waals surface area contributed by atoms with Crippen LogP contribution in [0.25, 0.3) is 6.08 Å². The molecule has 1 atom stereocenters. The molecule has 4 rings (SSSR count). The van der Waals surface area contributed by atoms with Gasteiger partial charge in [0.05, 0.1) is 33.4 Å². The number of nitro groups is 1. The molecule has 0 bridgehead atoms. The smallest absolute Gasteiger partial charge is 0.338 e. The molecule has 0 saturated carbocycles. The predicted molar refractivity (Wildman–Crippen MR) is 130 cm³/mol. The van der Waals surface area contributed by atoms with Gasteiger partial charge in [-0.1, -0.05) is 52.7 Å². The summed E-state index contributed by atoms with van der Waals surface area (Å²) in [6.45, 7) is 3.43. The average molecular weight is 518 g/mol. The summed E-state index contributed by atoms with van der Waals surface area (Å²) in [6.07, 6.45) is 1.62. The van der Waals surface area contributed by atoms with Gasteiger partial charge in [-0.05, 0) is 43.2 Å². The van der Waals surface area contributed by atoms with Crippen molar-refractivity contribution in [2.75, 3.05) is 6.61 Å². The number of carbonyl (C=O) groups excluding carboxylic acids is 1. The van der Waals surface area contributed by atoms with E-state index in [2.05, 4.69) is 4.99 Å². The lowest BCUT2D eigenvalue weighted by molar-refractivity contribution is -0.384. The van der Waals surface area contributed by atoms with Crippen LogP contribution >= 0.6 is 34.5 Å². The zero-order chi connectivity index (χ0) is 24.6. The minimum Gasteiger partial charge on any atom is -0.463 e. The van der Waals surface area contributed by atoms with Crippen molar-refractivity contribution in [2.24, 2.45) is 4.99 Å². The van der Waals surface area contributed by atoms with Crippen molar-refractivity contribution >= 4 is 52.3 Å². The number of hydrogen-bond donors (Lipinski definition) is 0. The van der Waals surface area contributed by atoms with Crippen molar-refractivity contribution in [2.45, 2.75) is 19.9 Å². The summed E-state index contributed by atoms with van der Waals surface area (Å²) in [6, 6.07) is 9.80. The van der Waals surface area contributed by atoms with Crippen LogP contribution in [-0.4, -0.2) is 22.1 Å². The number of carbonyl (C=O) groups is 1. The Balaban J connectivity index is 1.98. The highest BCUT2D eigenvalue weighted by atomic mass is 35.5. The first-order valence-corrected chi connectivity index (χ1v) is 11.7. The number of aromatic nitrogens is 1. The van der Waals surface area contributed by atoms with E-state index >= 15 is 0 Å². The van der Waals surface area contributed by atoms with Crippen molar-refractivity contribution in [1.82, 2.24) is 4.57 Å². The third-order valence-corrected chi connectivity index (χ3v) is 6.71. The molecule has 3 aromatic rings. The molecule has 8 nitrogen and oxygen atoms in total. The van der Waals surface area contributed by atoms with Crippen LogP contribution in [0.1, 0.15) is 31.0 Å². The first-order valence-electron chi connectivity index (χ1n) is 10.1. The van der Waals surface area contributed by atoms with Gasteiger partial charge in [0.2, 0.25) is 0 Å². The summed E-state index contributed by atoms with van der Waals surface area (Å²) in [5.74, 6) is -0.643. The van der Waals surface area contributed by atoms with Crippen molar-refractivity contribution in [3.8, 4) is 0 Å². The number of esters is 1. The lowest BCUT2D eigenvalue weighted by atomic mass is 9.95. The largest absolute Gasteiger partial charge is 0.463 e. The summed E-state index contributed by atoms with van der Waals surface area (Å²) in [5.41, 5.74) is 0.914. The quantitative estimate of drug-likeness (QED) is 0.289. The maximum absolute atomic E-state index is 13.5. The standard InChI is InChI=1S/C23H17Cl2N3O5S/c1-3-33-22(30)19-12(2)26-23-27(20(19)14-5-4-6-16(9-14)28(31)32)21(29)18(34-23)10-13-7-8-15(24)11-17(13)25/h4-11,20H,3H2,1-2H3/b18-10+. The van der Waals surface area contributed by atoms with Crippen LogP contribution in [0.15, 0.2) is 63.5 Å². The maximum atomic E-state index is 13.5. The maximum Gasteiger partial charge on any atom is 0.338 e. The first kappa shape index (κ1) is 23.9. The van der Waals surface area contributed by atoms with E-state index < -0.39 is 22.5 Å². The zero-order valence-electron chi connectivity index (χ0n) is 18.0. The SMILES string of the molecule is CCOC(=O)C1=C(C)N=c2s/c(=C/c3ccc(Cl)cc3Cl)c(=O)n2C1c1cccc([N+](=O)[O-])c1. The summed E-state index contributed by atoms with van der Waals surface area (Å²) in [4.78, 5) is 42.1. The highest BCUT2D eigenvalue weighted by Gasteiger charge is 2.34. The molecule has 1 aliphatic heterocycles. The van der Waals surface area contributed by atoms with Gasteiger partial charge in [0, 0.05) is 22.2 Å². The minimum absolute atomic E-state index is 0.122. The minimum atomic E-state index is -0.946. The number of nitrogens with zero attached hydrogens (tertiary/aromatic N) is 3. The predicted octanol–water partition coefficient (Wildman–Crippen LogP) is 4.01. The second-order valence-electron chi connectivity index (χ2n) is 7.32. The number of halogens is 2. The van der Waals surface area contributed by atoms with E-state index in [0.717, 1.165) is 11.3 Å². The molecule has 1 aromatic heterocycles. The Bertz CT molecular complexity index is 1540. The monoisotopic (exact) mass is 517 g/mol. The van der Waals surface area contributed by atoms with E-state index in [0.29, 0.717) is 36.2 Å².